The number of nitrogens with zero attached hydrogens (tertiary/aromatic N) is 2. The molecule has 1 unspecified atom stereocenters. The Hall–Kier alpha value is -3.62. The number of hydrogen-bond donors (Lipinski definition) is 3. The molecule has 3 N–H and O–H groups in total. The number of esters is 1. The maximum Gasteiger partial charge on any atom is 0.408 e. The van der Waals surface area contributed by atoms with E-state index in [4.69, 9.17) is 19.4 Å². The molecule has 0 aliphatic rings. The molecule has 0 fully saturated rings. The molecule has 3 aromatic rings. The fourth-order valence-electron chi connectivity index (χ4n) is 3.65. The number of methoxy groups -OCH3 is 1. The SMILES string of the molecule is COC(=O)c1cc(-c2cccc3nc(C)c(NC(C)(C)C)nc23)[nH]c1C(C)NC(=O)OC(C)(C)C. The maximum absolute atomic E-state index is 12.6. The number of benzene rings is 1. The molecule has 1 amide bonds. The molecular weight excluding hydrogens is 446 g/mol. The van der Waals surface area contributed by atoms with E-state index >= 15 is 0 Å². The van der Waals surface area contributed by atoms with Crippen molar-refractivity contribution in [1.82, 2.24) is 20.3 Å². The summed E-state index contributed by atoms with van der Waals surface area (Å²) in [6, 6.07) is 6.87. The molecule has 0 aliphatic heterocycles. The van der Waals surface area contributed by atoms with Crippen LogP contribution in [-0.2, 0) is 9.47 Å². The van der Waals surface area contributed by atoms with Gasteiger partial charge in [-0.25, -0.2) is 19.6 Å². The van der Waals surface area contributed by atoms with Crippen LogP contribution in [0, 0.1) is 6.92 Å². The van der Waals surface area contributed by atoms with Gasteiger partial charge in [-0.15, -0.1) is 0 Å². The number of carbonyl (C=O) groups excluding carboxylic acids is 2. The van der Waals surface area contributed by atoms with Crippen LogP contribution >= 0.6 is 0 Å². The van der Waals surface area contributed by atoms with Gasteiger partial charge < -0.3 is 25.1 Å². The lowest BCUT2D eigenvalue weighted by Crippen LogP contribution is -2.34. The molecule has 0 aliphatic carbocycles. The normalized spacial score (nSPS) is 12.8. The Labute approximate surface area is 206 Å². The summed E-state index contributed by atoms with van der Waals surface area (Å²) in [7, 11) is 1.32. The van der Waals surface area contributed by atoms with E-state index < -0.39 is 23.7 Å². The second kappa shape index (κ2) is 9.56. The molecule has 2 aromatic heterocycles. The van der Waals surface area contributed by atoms with E-state index in [0.29, 0.717) is 28.3 Å². The van der Waals surface area contributed by atoms with Crippen molar-refractivity contribution >= 4 is 28.9 Å². The minimum absolute atomic E-state index is 0.192. The zero-order chi connectivity index (χ0) is 26.1. The number of anilines is 1. The van der Waals surface area contributed by atoms with Gasteiger partial charge in [0.25, 0.3) is 0 Å². The summed E-state index contributed by atoms with van der Waals surface area (Å²) in [5.41, 5.74) is 3.62. The zero-order valence-electron chi connectivity index (χ0n) is 21.9. The first-order chi connectivity index (χ1) is 16.2. The molecule has 9 nitrogen and oxygen atoms in total. The van der Waals surface area contributed by atoms with Crippen molar-refractivity contribution in [2.75, 3.05) is 12.4 Å². The molecule has 188 valence electrons. The number of para-hydroxylation sites is 1. The second-order valence-electron chi connectivity index (χ2n) is 10.6. The third kappa shape index (κ3) is 6.29. The predicted molar refractivity (Wildman–Crippen MR) is 137 cm³/mol. The summed E-state index contributed by atoms with van der Waals surface area (Å²) in [6.07, 6.45) is -0.582. The highest BCUT2D eigenvalue weighted by Gasteiger charge is 2.25. The van der Waals surface area contributed by atoms with Crippen molar-refractivity contribution in [1.29, 1.82) is 0 Å². The molecule has 35 heavy (non-hydrogen) atoms. The van der Waals surface area contributed by atoms with Crippen molar-refractivity contribution in [2.45, 2.75) is 72.6 Å². The van der Waals surface area contributed by atoms with Crippen LogP contribution in [0.5, 0.6) is 0 Å². The van der Waals surface area contributed by atoms with Gasteiger partial charge in [0.05, 0.1) is 35.6 Å². The lowest BCUT2D eigenvalue weighted by Gasteiger charge is -2.22. The number of aromatic nitrogens is 3. The number of H-pyrrole nitrogens is 1. The Balaban J connectivity index is 2.09. The highest BCUT2D eigenvalue weighted by atomic mass is 16.6. The minimum Gasteiger partial charge on any atom is -0.465 e. The van der Waals surface area contributed by atoms with Crippen molar-refractivity contribution < 1.29 is 19.1 Å². The van der Waals surface area contributed by atoms with E-state index in [0.717, 1.165) is 16.8 Å². The fraction of sp³-hybridized carbons (Fsp3) is 0.462. The van der Waals surface area contributed by atoms with Crippen LogP contribution in [0.3, 0.4) is 0 Å². The van der Waals surface area contributed by atoms with Gasteiger partial charge in [0, 0.05) is 16.8 Å². The number of aromatic amines is 1. The van der Waals surface area contributed by atoms with Gasteiger partial charge in [0.1, 0.15) is 16.9 Å². The minimum atomic E-state index is -0.644. The molecule has 2 heterocycles. The van der Waals surface area contributed by atoms with E-state index in [9.17, 15) is 9.59 Å². The summed E-state index contributed by atoms with van der Waals surface area (Å²) < 4.78 is 10.4. The average molecular weight is 482 g/mol. The molecule has 0 bridgehead atoms. The number of ether oxygens (including phenoxy) is 2. The number of rotatable bonds is 5. The van der Waals surface area contributed by atoms with Gasteiger partial charge in [0.15, 0.2) is 0 Å². The number of amides is 1. The molecule has 1 aromatic carbocycles. The van der Waals surface area contributed by atoms with Crippen LogP contribution in [-0.4, -0.2) is 45.3 Å². The van der Waals surface area contributed by atoms with Gasteiger partial charge in [-0.2, -0.15) is 0 Å². The lowest BCUT2D eigenvalue weighted by molar-refractivity contribution is 0.0501. The van der Waals surface area contributed by atoms with E-state index in [1.54, 1.807) is 33.8 Å². The van der Waals surface area contributed by atoms with Crippen molar-refractivity contribution in [3.63, 3.8) is 0 Å². The van der Waals surface area contributed by atoms with Crippen LogP contribution in [0.1, 0.15) is 76.3 Å². The highest BCUT2D eigenvalue weighted by Crippen LogP contribution is 2.32. The third-order valence-corrected chi connectivity index (χ3v) is 5.07. The highest BCUT2D eigenvalue weighted by molar-refractivity contribution is 5.96. The Morgan fingerprint density at radius 3 is 2.37 bits per heavy atom. The summed E-state index contributed by atoms with van der Waals surface area (Å²) in [5, 5.41) is 6.18. The number of aryl methyl sites for hydroxylation is 1. The van der Waals surface area contributed by atoms with Gasteiger partial charge in [-0.1, -0.05) is 12.1 Å². The molecular formula is C26H35N5O4. The summed E-state index contributed by atoms with van der Waals surface area (Å²) in [6.45, 7) is 15.2. The number of alkyl carbamates (subject to hydrolysis) is 1. The van der Waals surface area contributed by atoms with Crippen LogP contribution in [0.4, 0.5) is 10.6 Å². The molecule has 0 saturated heterocycles. The number of carbonyl (C=O) groups is 2. The molecule has 9 heteroatoms. The topological polar surface area (TPSA) is 118 Å². The van der Waals surface area contributed by atoms with Gasteiger partial charge in [0.2, 0.25) is 0 Å². The largest absolute Gasteiger partial charge is 0.465 e. The molecule has 0 saturated carbocycles. The Kier molecular flexibility index (Phi) is 7.10. The summed E-state index contributed by atoms with van der Waals surface area (Å²) >= 11 is 0. The lowest BCUT2D eigenvalue weighted by atomic mass is 10.1. The molecule has 1 atom stereocenters. The zero-order valence-corrected chi connectivity index (χ0v) is 21.9. The second-order valence-corrected chi connectivity index (χ2v) is 10.6. The quantitative estimate of drug-likeness (QED) is 0.411. The number of hydrogen-bond acceptors (Lipinski definition) is 7. The first-order valence-corrected chi connectivity index (χ1v) is 11.5. The first kappa shape index (κ1) is 26.0. The van der Waals surface area contributed by atoms with Crippen LogP contribution in [0.25, 0.3) is 22.3 Å². The van der Waals surface area contributed by atoms with E-state index in [2.05, 4.69) is 36.4 Å². The van der Waals surface area contributed by atoms with Gasteiger partial charge in [-0.3, -0.25) is 0 Å². The van der Waals surface area contributed by atoms with Gasteiger partial charge >= 0.3 is 12.1 Å². The first-order valence-electron chi connectivity index (χ1n) is 11.5. The average Bonchev–Trinajstić information content (AvgIpc) is 3.16. The number of nitrogens with one attached hydrogen (secondary N) is 3. The Morgan fingerprint density at radius 2 is 1.77 bits per heavy atom. The Bertz CT molecular complexity index is 1250. The monoisotopic (exact) mass is 481 g/mol. The third-order valence-electron chi connectivity index (χ3n) is 5.07. The van der Waals surface area contributed by atoms with Crippen molar-refractivity contribution in [3.05, 3.63) is 41.2 Å². The van der Waals surface area contributed by atoms with E-state index in [-0.39, 0.29) is 5.54 Å². The maximum atomic E-state index is 12.6. The fourth-order valence-corrected chi connectivity index (χ4v) is 3.65. The predicted octanol–water partition coefficient (Wildman–Crippen LogP) is 5.52. The van der Waals surface area contributed by atoms with E-state index in [1.807, 2.05) is 25.1 Å². The van der Waals surface area contributed by atoms with Gasteiger partial charge in [-0.05, 0) is 67.5 Å². The smallest absolute Gasteiger partial charge is 0.408 e. The van der Waals surface area contributed by atoms with E-state index in [1.165, 1.54) is 7.11 Å². The van der Waals surface area contributed by atoms with Crippen LogP contribution in [0.2, 0.25) is 0 Å². The van der Waals surface area contributed by atoms with Crippen molar-refractivity contribution in [3.8, 4) is 11.3 Å². The molecule has 3 rings (SSSR count). The van der Waals surface area contributed by atoms with Crippen LogP contribution < -0.4 is 10.6 Å². The molecule has 0 radical (unpaired) electrons. The number of fused-ring (bicyclic) bond motifs is 1. The summed E-state index contributed by atoms with van der Waals surface area (Å²) in [4.78, 5) is 37.8. The summed E-state index contributed by atoms with van der Waals surface area (Å²) in [5.74, 6) is 0.176. The molecule has 0 spiro atoms. The van der Waals surface area contributed by atoms with Crippen LogP contribution in [0.15, 0.2) is 24.3 Å². The Morgan fingerprint density at radius 1 is 1.09 bits per heavy atom. The van der Waals surface area contributed by atoms with Crippen molar-refractivity contribution in [2.24, 2.45) is 0 Å². The standard InChI is InChI=1S/C26H35N5O4/c1-14(28-24(33)35-26(6,7)8)20-17(23(32)34-9)13-19(29-20)16-11-10-12-18-21(16)30-22(15(2)27-18)31-25(3,4)5/h10-14,29H,1-9H3,(H,28,33)(H,30,31).